The molecule has 0 radical (unpaired) electrons. The van der Waals surface area contributed by atoms with Gasteiger partial charge in [0.15, 0.2) is 0 Å². The average Bonchev–Trinajstić information content (AvgIpc) is 2.54. The molecule has 0 saturated carbocycles. The highest BCUT2D eigenvalue weighted by atomic mass is 79.9. The molecular weight excluding hydrogens is 326 g/mol. The Bertz CT molecular complexity index is 597. The molecule has 1 aliphatic rings. The number of fused-ring (bicyclic) bond motifs is 1. The van der Waals surface area contributed by atoms with Crippen LogP contribution >= 0.6 is 15.9 Å². The summed E-state index contributed by atoms with van der Waals surface area (Å²) in [5.74, 6) is 6.38. The van der Waals surface area contributed by atoms with Crippen molar-refractivity contribution in [3.8, 4) is 0 Å². The Balaban J connectivity index is 1.71. The smallest absolute Gasteiger partial charge is 0.0420 e. The van der Waals surface area contributed by atoms with Crippen molar-refractivity contribution >= 4 is 15.9 Å². The van der Waals surface area contributed by atoms with Gasteiger partial charge in [-0.2, -0.15) is 0 Å². The zero-order chi connectivity index (χ0) is 14.7. The van der Waals surface area contributed by atoms with E-state index < -0.39 is 0 Å². The van der Waals surface area contributed by atoms with Gasteiger partial charge in [0.1, 0.15) is 0 Å². The second-order valence-corrected chi connectivity index (χ2v) is 6.63. The summed E-state index contributed by atoms with van der Waals surface area (Å²) in [5, 5.41) is 0. The summed E-state index contributed by atoms with van der Waals surface area (Å²) >= 11 is 3.42. The Morgan fingerprint density at radius 1 is 1.24 bits per heavy atom. The van der Waals surface area contributed by atoms with Crippen molar-refractivity contribution in [2.75, 3.05) is 0 Å². The third kappa shape index (κ3) is 3.51. The van der Waals surface area contributed by atoms with Crippen LogP contribution in [0.3, 0.4) is 0 Å². The summed E-state index contributed by atoms with van der Waals surface area (Å²) in [5.41, 5.74) is 7.06. The highest BCUT2D eigenvalue weighted by Crippen LogP contribution is 2.28. The van der Waals surface area contributed by atoms with Crippen molar-refractivity contribution in [2.24, 2.45) is 11.8 Å². The molecule has 110 valence electrons. The molecule has 0 amide bonds. The number of hydrogen-bond donors (Lipinski definition) is 2. The third-order valence-electron chi connectivity index (χ3n) is 4.39. The number of rotatable bonds is 4. The van der Waals surface area contributed by atoms with E-state index >= 15 is 0 Å². The Labute approximate surface area is 134 Å². The molecule has 0 fully saturated rings. The lowest BCUT2D eigenvalue weighted by Gasteiger charge is -2.31. The van der Waals surface area contributed by atoms with Crippen molar-refractivity contribution in [3.05, 3.63) is 63.9 Å². The minimum atomic E-state index is 0.270. The molecule has 1 aromatic heterocycles. The fourth-order valence-electron chi connectivity index (χ4n) is 3.18. The van der Waals surface area contributed by atoms with Gasteiger partial charge >= 0.3 is 0 Å². The molecule has 3 N–H and O–H groups in total. The molecule has 3 rings (SSSR count). The first-order chi connectivity index (χ1) is 10.3. The molecule has 2 aromatic rings. The number of nitrogens with one attached hydrogen (secondary N) is 1. The minimum absolute atomic E-state index is 0.270. The highest BCUT2D eigenvalue weighted by Gasteiger charge is 2.25. The number of benzene rings is 1. The van der Waals surface area contributed by atoms with Crippen LogP contribution in [0.1, 0.15) is 23.2 Å². The van der Waals surface area contributed by atoms with Crippen LogP contribution in [0, 0.1) is 5.92 Å². The van der Waals surface area contributed by atoms with E-state index in [4.69, 9.17) is 5.84 Å². The van der Waals surface area contributed by atoms with Gasteiger partial charge in [0.2, 0.25) is 0 Å². The molecule has 0 bridgehead atoms. The molecule has 1 aliphatic carbocycles. The molecule has 4 heteroatoms. The molecule has 1 heterocycles. The van der Waals surface area contributed by atoms with Gasteiger partial charge in [-0.1, -0.05) is 24.3 Å². The van der Waals surface area contributed by atoms with E-state index in [-0.39, 0.29) is 6.04 Å². The third-order valence-corrected chi connectivity index (χ3v) is 4.85. The number of halogens is 1. The van der Waals surface area contributed by atoms with Crippen molar-refractivity contribution in [1.29, 1.82) is 0 Å². The van der Waals surface area contributed by atoms with Crippen molar-refractivity contribution in [2.45, 2.75) is 31.7 Å². The minimum Gasteiger partial charge on any atom is -0.271 e. The van der Waals surface area contributed by atoms with Crippen LogP contribution < -0.4 is 11.3 Å². The summed E-state index contributed by atoms with van der Waals surface area (Å²) in [6.45, 7) is 0. The number of aromatic nitrogens is 1. The van der Waals surface area contributed by atoms with Crippen molar-refractivity contribution in [3.63, 3.8) is 0 Å². The molecule has 2 unspecified atom stereocenters. The van der Waals surface area contributed by atoms with Gasteiger partial charge in [-0.25, -0.2) is 0 Å². The van der Waals surface area contributed by atoms with Crippen LogP contribution in [0.2, 0.25) is 0 Å². The standard InChI is InChI=1S/C17H20BrN3/c18-15-7-8-16(20-11-15)10-17(21-19)14-6-5-12-3-1-2-4-13(12)9-14/h1-4,7-8,11,14,17,21H,5-6,9-10,19H2. The van der Waals surface area contributed by atoms with Gasteiger partial charge in [-0.05, 0) is 64.4 Å². The maximum Gasteiger partial charge on any atom is 0.0420 e. The fourth-order valence-corrected chi connectivity index (χ4v) is 3.42. The quantitative estimate of drug-likeness (QED) is 0.661. The zero-order valence-corrected chi connectivity index (χ0v) is 13.5. The second kappa shape index (κ2) is 6.69. The lowest BCUT2D eigenvalue weighted by Crippen LogP contribution is -2.44. The first kappa shape index (κ1) is 14.7. The summed E-state index contributed by atoms with van der Waals surface area (Å²) in [6, 6.07) is 13.1. The number of pyridine rings is 1. The molecule has 3 nitrogen and oxygen atoms in total. The number of hydrazine groups is 1. The Kier molecular flexibility index (Phi) is 4.68. The summed E-state index contributed by atoms with van der Waals surface area (Å²) in [7, 11) is 0. The maximum absolute atomic E-state index is 5.81. The molecule has 2 atom stereocenters. The topological polar surface area (TPSA) is 50.9 Å². The Morgan fingerprint density at radius 3 is 2.76 bits per heavy atom. The monoisotopic (exact) mass is 345 g/mol. The summed E-state index contributed by atoms with van der Waals surface area (Å²) in [4.78, 5) is 4.46. The molecule has 1 aromatic carbocycles. The number of nitrogens with two attached hydrogens (primary N) is 1. The predicted octanol–water partition coefficient (Wildman–Crippen LogP) is 3.02. The van der Waals surface area contributed by atoms with Crippen LogP contribution in [0.15, 0.2) is 47.1 Å². The number of nitrogens with zero attached hydrogens (tertiary/aromatic N) is 1. The van der Waals surface area contributed by atoms with Gasteiger partial charge in [0.25, 0.3) is 0 Å². The Hall–Kier alpha value is -1.23. The predicted molar refractivity (Wildman–Crippen MR) is 88.7 cm³/mol. The SMILES string of the molecule is NNC(Cc1ccc(Br)cn1)C1CCc2ccccc2C1. The lowest BCUT2D eigenvalue weighted by molar-refractivity contribution is 0.319. The summed E-state index contributed by atoms with van der Waals surface area (Å²) in [6.07, 6.45) is 6.15. The molecular formula is C17H20BrN3. The molecule has 0 aliphatic heterocycles. The largest absolute Gasteiger partial charge is 0.271 e. The van der Waals surface area contributed by atoms with Gasteiger partial charge in [-0.15, -0.1) is 0 Å². The normalized spacial score (nSPS) is 19.0. The van der Waals surface area contributed by atoms with Crippen molar-refractivity contribution < 1.29 is 0 Å². The molecule has 21 heavy (non-hydrogen) atoms. The highest BCUT2D eigenvalue weighted by molar-refractivity contribution is 9.10. The van der Waals surface area contributed by atoms with Crippen LogP contribution in [-0.4, -0.2) is 11.0 Å². The van der Waals surface area contributed by atoms with Crippen molar-refractivity contribution in [1.82, 2.24) is 10.4 Å². The van der Waals surface area contributed by atoms with Gasteiger partial charge < -0.3 is 0 Å². The fraction of sp³-hybridized carbons (Fsp3) is 0.353. The van der Waals surface area contributed by atoms with Crippen LogP contribution in [0.4, 0.5) is 0 Å². The van der Waals surface area contributed by atoms with E-state index in [9.17, 15) is 0 Å². The first-order valence-electron chi connectivity index (χ1n) is 7.39. The zero-order valence-electron chi connectivity index (χ0n) is 11.9. The van der Waals surface area contributed by atoms with E-state index in [0.29, 0.717) is 5.92 Å². The van der Waals surface area contributed by atoms with E-state index in [1.54, 1.807) is 0 Å². The van der Waals surface area contributed by atoms with Crippen LogP contribution in [-0.2, 0) is 19.3 Å². The number of hydrogen-bond acceptors (Lipinski definition) is 3. The Morgan fingerprint density at radius 2 is 2.05 bits per heavy atom. The molecule has 0 saturated heterocycles. The van der Waals surface area contributed by atoms with E-state index in [1.165, 1.54) is 17.5 Å². The molecule has 0 spiro atoms. The maximum atomic E-state index is 5.81. The van der Waals surface area contributed by atoms with E-state index in [2.05, 4.69) is 56.7 Å². The van der Waals surface area contributed by atoms with Gasteiger partial charge in [0, 0.05) is 28.8 Å². The van der Waals surface area contributed by atoms with Crippen LogP contribution in [0.25, 0.3) is 0 Å². The van der Waals surface area contributed by atoms with Gasteiger partial charge in [-0.3, -0.25) is 16.3 Å². The summed E-state index contributed by atoms with van der Waals surface area (Å²) < 4.78 is 1.01. The average molecular weight is 346 g/mol. The lowest BCUT2D eigenvalue weighted by atomic mass is 9.79. The second-order valence-electron chi connectivity index (χ2n) is 5.72. The van der Waals surface area contributed by atoms with E-state index in [1.807, 2.05) is 12.3 Å². The first-order valence-corrected chi connectivity index (χ1v) is 8.19. The number of aryl methyl sites for hydroxylation is 1. The van der Waals surface area contributed by atoms with Crippen LogP contribution in [0.5, 0.6) is 0 Å². The van der Waals surface area contributed by atoms with Gasteiger partial charge in [0.05, 0.1) is 0 Å². The van der Waals surface area contributed by atoms with E-state index in [0.717, 1.165) is 29.4 Å².